The number of hydrogen-bond donors (Lipinski definition) is 2. The lowest BCUT2D eigenvalue weighted by Crippen LogP contribution is -2.42. The minimum atomic E-state index is -0.645. The molecule has 0 spiro atoms. The van der Waals surface area contributed by atoms with Gasteiger partial charge in [-0.1, -0.05) is 54.4 Å². The molecule has 1 aromatic heterocycles. The van der Waals surface area contributed by atoms with Gasteiger partial charge in [0, 0.05) is 33.6 Å². The number of nitrogens with one attached hydrogen (secondary N) is 2. The molecule has 30 heavy (non-hydrogen) atoms. The predicted molar refractivity (Wildman–Crippen MR) is 117 cm³/mol. The second kappa shape index (κ2) is 9.56. The van der Waals surface area contributed by atoms with E-state index in [0.717, 1.165) is 0 Å². The lowest BCUT2D eigenvalue weighted by atomic mass is 10.1. The van der Waals surface area contributed by atoms with Gasteiger partial charge in [0.2, 0.25) is 0 Å². The van der Waals surface area contributed by atoms with Gasteiger partial charge < -0.3 is 0 Å². The van der Waals surface area contributed by atoms with E-state index in [9.17, 15) is 14.4 Å². The molecule has 2 aromatic carbocycles. The third kappa shape index (κ3) is 4.69. The van der Waals surface area contributed by atoms with Crippen molar-refractivity contribution in [1.29, 1.82) is 0 Å². The van der Waals surface area contributed by atoms with Crippen molar-refractivity contribution in [2.75, 3.05) is 0 Å². The third-order valence-corrected chi connectivity index (χ3v) is 4.88. The Bertz CT molecular complexity index is 1180. The maximum atomic E-state index is 12.6. The minimum absolute atomic E-state index is 0.0390. The summed E-state index contributed by atoms with van der Waals surface area (Å²) >= 11 is 12.1. The van der Waals surface area contributed by atoms with Gasteiger partial charge in [0.15, 0.2) is 5.69 Å². The first-order valence-electron chi connectivity index (χ1n) is 9.14. The molecule has 0 saturated carbocycles. The largest absolute Gasteiger partial charge is 0.290 e. The lowest BCUT2D eigenvalue weighted by molar-refractivity contribution is -0.117. The summed E-state index contributed by atoms with van der Waals surface area (Å²) < 4.78 is 1.25. The topological polar surface area (TPSA) is 93.1 Å². The van der Waals surface area contributed by atoms with Crippen LogP contribution in [-0.2, 0) is 11.3 Å². The monoisotopic (exact) mass is 444 g/mol. The predicted octanol–water partition coefficient (Wildman–Crippen LogP) is 3.59. The number of fused-ring (bicyclic) bond motifs is 1. The maximum Gasteiger partial charge on any atom is 0.290 e. The molecule has 0 aliphatic carbocycles. The summed E-state index contributed by atoms with van der Waals surface area (Å²) in [4.78, 5) is 37.2. The van der Waals surface area contributed by atoms with E-state index in [1.165, 1.54) is 16.8 Å². The van der Waals surface area contributed by atoms with Crippen LogP contribution in [0.4, 0.5) is 0 Å². The molecule has 2 amide bonds. The summed E-state index contributed by atoms with van der Waals surface area (Å²) in [5.41, 5.74) is 4.85. The lowest BCUT2D eigenvalue weighted by Gasteiger charge is -2.11. The number of aryl methyl sites for hydroxylation is 1. The summed E-state index contributed by atoms with van der Waals surface area (Å²) in [5.74, 6) is -1.24. The highest BCUT2D eigenvalue weighted by molar-refractivity contribution is 6.37. The molecule has 9 heteroatoms. The summed E-state index contributed by atoms with van der Waals surface area (Å²) in [6.07, 6.45) is 3.32. The van der Waals surface area contributed by atoms with Crippen molar-refractivity contribution < 1.29 is 9.59 Å². The average Bonchev–Trinajstić information content (AvgIpc) is 2.74. The van der Waals surface area contributed by atoms with E-state index in [-0.39, 0.29) is 11.3 Å². The van der Waals surface area contributed by atoms with Crippen molar-refractivity contribution in [1.82, 2.24) is 20.6 Å². The zero-order valence-corrected chi connectivity index (χ0v) is 17.5. The molecule has 0 aliphatic rings. The number of amides is 2. The van der Waals surface area contributed by atoms with E-state index < -0.39 is 11.8 Å². The van der Waals surface area contributed by atoms with Crippen molar-refractivity contribution in [2.24, 2.45) is 0 Å². The molecule has 0 radical (unpaired) electrons. The first kappa shape index (κ1) is 21.5. The summed E-state index contributed by atoms with van der Waals surface area (Å²) in [7, 11) is 0. The number of carbonyl (C=O) groups is 2. The van der Waals surface area contributed by atoms with Gasteiger partial charge in [0.05, 0.1) is 5.39 Å². The molecule has 2 N–H and O–H groups in total. The normalized spacial score (nSPS) is 11.0. The van der Waals surface area contributed by atoms with Crippen LogP contribution < -0.4 is 16.4 Å². The van der Waals surface area contributed by atoms with Crippen LogP contribution in [0, 0.1) is 0 Å². The molecule has 1 heterocycles. The van der Waals surface area contributed by atoms with Crippen molar-refractivity contribution in [3.8, 4) is 0 Å². The van der Waals surface area contributed by atoms with E-state index in [2.05, 4.69) is 16.0 Å². The van der Waals surface area contributed by atoms with E-state index in [1.807, 2.05) is 6.92 Å². The first-order chi connectivity index (χ1) is 14.4. The van der Waals surface area contributed by atoms with E-state index in [1.54, 1.807) is 42.5 Å². The highest BCUT2D eigenvalue weighted by Gasteiger charge is 2.16. The number of hydrazine groups is 1. The molecule has 0 unspecified atom stereocenters. The number of carbonyl (C=O) groups excluding carboxylic acids is 2. The molecule has 3 rings (SSSR count). The second-order valence-electron chi connectivity index (χ2n) is 6.33. The van der Waals surface area contributed by atoms with Gasteiger partial charge >= 0.3 is 0 Å². The molecule has 7 nitrogen and oxygen atoms in total. The molecular weight excluding hydrogens is 427 g/mol. The van der Waals surface area contributed by atoms with Crippen LogP contribution >= 0.6 is 23.2 Å². The number of nitrogens with zero attached hydrogens (tertiary/aromatic N) is 2. The molecule has 0 atom stereocenters. The molecular formula is C21H18Cl2N4O3. The van der Waals surface area contributed by atoms with E-state index >= 15 is 0 Å². The van der Waals surface area contributed by atoms with Crippen LogP contribution in [0.15, 0.2) is 53.3 Å². The fourth-order valence-corrected chi connectivity index (χ4v) is 3.34. The van der Waals surface area contributed by atoms with Crippen LogP contribution in [0.1, 0.15) is 29.4 Å². The second-order valence-corrected chi connectivity index (χ2v) is 7.15. The number of benzene rings is 2. The van der Waals surface area contributed by atoms with Crippen LogP contribution in [0.5, 0.6) is 0 Å². The highest BCUT2D eigenvalue weighted by atomic mass is 35.5. The molecule has 3 aromatic rings. The van der Waals surface area contributed by atoms with Crippen molar-refractivity contribution in [3.63, 3.8) is 0 Å². The van der Waals surface area contributed by atoms with Crippen LogP contribution in [-0.4, -0.2) is 21.6 Å². The van der Waals surface area contributed by atoms with Gasteiger partial charge in [-0.05, 0) is 30.7 Å². The molecule has 154 valence electrons. The third-order valence-electron chi connectivity index (χ3n) is 4.22. The van der Waals surface area contributed by atoms with Crippen LogP contribution in [0.25, 0.3) is 16.8 Å². The zero-order valence-electron chi connectivity index (χ0n) is 16.0. The fraction of sp³-hybridized carbons (Fsp3) is 0.143. The number of aromatic nitrogens is 2. The van der Waals surface area contributed by atoms with Gasteiger partial charge in [-0.25, -0.2) is 4.68 Å². The van der Waals surface area contributed by atoms with Crippen molar-refractivity contribution >= 4 is 51.9 Å². The maximum absolute atomic E-state index is 12.6. The zero-order chi connectivity index (χ0) is 21.7. The molecule has 0 bridgehead atoms. The van der Waals surface area contributed by atoms with E-state index in [4.69, 9.17) is 23.2 Å². The van der Waals surface area contributed by atoms with Crippen molar-refractivity contribution in [3.05, 3.63) is 80.2 Å². The van der Waals surface area contributed by atoms with Crippen LogP contribution in [0.3, 0.4) is 0 Å². The van der Waals surface area contributed by atoms with Crippen LogP contribution in [0.2, 0.25) is 10.0 Å². The SMILES string of the molecule is CCCn1nc(C(=O)NNC(=O)/C=C/c2c(Cl)cccc2Cl)c2ccccc2c1=O. The Hall–Kier alpha value is -3.16. The Balaban J connectivity index is 1.79. The summed E-state index contributed by atoms with van der Waals surface area (Å²) in [6.45, 7) is 2.28. The molecule has 0 aliphatic heterocycles. The highest BCUT2D eigenvalue weighted by Crippen LogP contribution is 2.25. The Morgan fingerprint density at radius 1 is 1.03 bits per heavy atom. The first-order valence-corrected chi connectivity index (χ1v) is 9.90. The molecule has 0 fully saturated rings. The molecule has 0 saturated heterocycles. The van der Waals surface area contributed by atoms with Gasteiger partial charge in [-0.2, -0.15) is 5.10 Å². The van der Waals surface area contributed by atoms with Gasteiger partial charge in [0.25, 0.3) is 17.4 Å². The Labute approximate surface area is 182 Å². The van der Waals surface area contributed by atoms with Gasteiger partial charge in [-0.3, -0.25) is 25.2 Å². The minimum Gasteiger partial charge on any atom is -0.268 e. The number of hydrogen-bond acceptors (Lipinski definition) is 4. The Kier molecular flexibility index (Phi) is 6.87. The number of halogens is 2. The fourth-order valence-electron chi connectivity index (χ4n) is 2.81. The quantitative estimate of drug-likeness (QED) is 0.464. The van der Waals surface area contributed by atoms with Gasteiger partial charge in [0.1, 0.15) is 0 Å². The smallest absolute Gasteiger partial charge is 0.268 e. The average molecular weight is 445 g/mol. The van der Waals surface area contributed by atoms with E-state index in [0.29, 0.717) is 39.3 Å². The standard InChI is InChI=1S/C21H18Cl2N4O3/c1-2-12-27-21(30)14-7-4-3-6-13(14)19(26-27)20(29)25-24-18(28)11-10-15-16(22)8-5-9-17(15)23/h3-11H,2,12H2,1H3,(H,24,28)(H,25,29)/b11-10+. The summed E-state index contributed by atoms with van der Waals surface area (Å²) in [5, 5.41) is 5.74. The van der Waals surface area contributed by atoms with Gasteiger partial charge in [-0.15, -0.1) is 0 Å². The summed E-state index contributed by atoms with van der Waals surface area (Å²) in [6, 6.07) is 11.7. The Morgan fingerprint density at radius 2 is 1.70 bits per heavy atom. The Morgan fingerprint density at radius 3 is 2.37 bits per heavy atom. The van der Waals surface area contributed by atoms with Crippen molar-refractivity contribution in [2.45, 2.75) is 19.9 Å². The number of rotatable bonds is 5.